The van der Waals surface area contributed by atoms with Crippen LogP contribution in [0.4, 0.5) is 23.7 Å². The van der Waals surface area contributed by atoms with Gasteiger partial charge in [-0.15, -0.1) is 0 Å². The number of carbonyl (C=O) groups is 1. The molecule has 146 valence electrons. The molecule has 0 saturated carbocycles. The van der Waals surface area contributed by atoms with Gasteiger partial charge in [0.25, 0.3) is 0 Å². The first-order valence-corrected chi connectivity index (χ1v) is 7.96. The Bertz CT molecular complexity index is 580. The van der Waals surface area contributed by atoms with Gasteiger partial charge in [0.1, 0.15) is 5.75 Å². The molecular weight excluding hydrogens is 359 g/mol. The van der Waals surface area contributed by atoms with Crippen molar-refractivity contribution >= 4 is 11.8 Å². The predicted molar refractivity (Wildman–Crippen MR) is 83.8 cm³/mol. The Morgan fingerprint density at radius 1 is 1.35 bits per heavy atom. The number of rotatable bonds is 9. The summed E-state index contributed by atoms with van der Waals surface area (Å²) in [4.78, 5) is 13.2. The molecule has 0 aromatic heterocycles. The Morgan fingerprint density at radius 2 is 2.04 bits per heavy atom. The second-order valence-corrected chi connectivity index (χ2v) is 5.39. The lowest BCUT2D eigenvalue weighted by Crippen LogP contribution is -2.30. The summed E-state index contributed by atoms with van der Waals surface area (Å²) in [5.41, 5.74) is 0.528. The first kappa shape index (κ1) is 20.3. The van der Waals surface area contributed by atoms with E-state index in [4.69, 9.17) is 24.1 Å². The van der Waals surface area contributed by atoms with Gasteiger partial charge in [0.05, 0.1) is 13.2 Å². The lowest BCUT2D eigenvalue weighted by Gasteiger charge is -2.16. The van der Waals surface area contributed by atoms with Gasteiger partial charge in [-0.05, 0) is 31.2 Å². The topological polar surface area (TPSA) is 77.5 Å². The third kappa shape index (κ3) is 5.75. The molecule has 0 unspecified atom stereocenters. The maximum atomic E-state index is 12.2. The van der Waals surface area contributed by atoms with Crippen LogP contribution >= 0.6 is 0 Å². The van der Waals surface area contributed by atoms with Gasteiger partial charge in [0, 0.05) is 18.7 Å². The van der Waals surface area contributed by atoms with E-state index in [0.29, 0.717) is 18.0 Å². The standard InChI is InChI=1S/C16H20F3NO6/c1-2-23-10-25-14-9-20(15(22)26-14)11-3-5-12(6-4-11)24-8-7-13(21)16(17,18)19/h3-6,13-14,21H,2,7-10H2,1H3/t13-,14-/m1/s1. The second-order valence-electron chi connectivity index (χ2n) is 5.39. The summed E-state index contributed by atoms with van der Waals surface area (Å²) in [6, 6.07) is 6.16. The average molecular weight is 379 g/mol. The van der Waals surface area contributed by atoms with E-state index in [1.165, 1.54) is 17.0 Å². The van der Waals surface area contributed by atoms with E-state index in [-0.39, 0.29) is 19.9 Å². The second kappa shape index (κ2) is 9.06. The summed E-state index contributed by atoms with van der Waals surface area (Å²) < 4.78 is 57.1. The highest BCUT2D eigenvalue weighted by Gasteiger charge is 2.37. The zero-order chi connectivity index (χ0) is 19.2. The van der Waals surface area contributed by atoms with Crippen molar-refractivity contribution in [1.29, 1.82) is 0 Å². The molecule has 2 rings (SSSR count). The molecule has 1 heterocycles. The number of nitrogens with zero attached hydrogens (tertiary/aromatic N) is 1. The number of halogens is 3. The van der Waals surface area contributed by atoms with E-state index in [1.807, 2.05) is 6.92 Å². The molecule has 1 aromatic carbocycles. The quantitative estimate of drug-likeness (QED) is 0.525. The number of ether oxygens (including phenoxy) is 4. The van der Waals surface area contributed by atoms with Gasteiger partial charge in [-0.2, -0.15) is 13.2 Å². The number of carbonyl (C=O) groups excluding carboxylic acids is 1. The fraction of sp³-hybridized carbons (Fsp3) is 0.562. The van der Waals surface area contributed by atoms with Crippen molar-refractivity contribution in [2.45, 2.75) is 31.9 Å². The summed E-state index contributed by atoms with van der Waals surface area (Å²) in [7, 11) is 0. The maximum Gasteiger partial charge on any atom is 0.416 e. The van der Waals surface area contributed by atoms with Gasteiger partial charge >= 0.3 is 12.3 Å². The van der Waals surface area contributed by atoms with Gasteiger partial charge < -0.3 is 24.1 Å². The molecule has 1 fully saturated rings. The molecule has 0 aliphatic carbocycles. The van der Waals surface area contributed by atoms with E-state index in [0.717, 1.165) is 0 Å². The Morgan fingerprint density at radius 3 is 2.65 bits per heavy atom. The minimum absolute atomic E-state index is 0.0127. The highest BCUT2D eigenvalue weighted by atomic mass is 19.4. The van der Waals surface area contributed by atoms with Crippen molar-refractivity contribution in [3.05, 3.63) is 24.3 Å². The van der Waals surface area contributed by atoms with Gasteiger partial charge in [-0.3, -0.25) is 4.90 Å². The van der Waals surface area contributed by atoms with Crippen LogP contribution in [0, 0.1) is 0 Å². The molecule has 1 aromatic rings. The zero-order valence-corrected chi connectivity index (χ0v) is 14.1. The third-order valence-corrected chi connectivity index (χ3v) is 3.51. The van der Waals surface area contributed by atoms with E-state index in [1.54, 1.807) is 12.1 Å². The van der Waals surface area contributed by atoms with Crippen molar-refractivity contribution in [2.24, 2.45) is 0 Å². The Labute approximate surface area is 148 Å². The molecule has 1 N–H and O–H groups in total. The van der Waals surface area contributed by atoms with Crippen molar-refractivity contribution < 1.29 is 42.0 Å². The Balaban J connectivity index is 1.82. The molecule has 0 radical (unpaired) electrons. The van der Waals surface area contributed by atoms with Crippen LogP contribution in [-0.2, 0) is 14.2 Å². The number of aliphatic hydroxyl groups is 1. The van der Waals surface area contributed by atoms with Crippen molar-refractivity contribution in [3.8, 4) is 5.75 Å². The number of benzene rings is 1. The molecule has 2 atom stereocenters. The number of amides is 1. The normalized spacial score (nSPS) is 18.7. The van der Waals surface area contributed by atoms with Crippen LogP contribution in [0.2, 0.25) is 0 Å². The number of hydrogen-bond acceptors (Lipinski definition) is 6. The molecule has 26 heavy (non-hydrogen) atoms. The molecule has 1 aliphatic rings. The van der Waals surface area contributed by atoms with Crippen LogP contribution in [0.3, 0.4) is 0 Å². The summed E-state index contributed by atoms with van der Waals surface area (Å²) in [6.07, 6.45) is -8.97. The summed E-state index contributed by atoms with van der Waals surface area (Å²) >= 11 is 0. The highest BCUT2D eigenvalue weighted by molar-refractivity contribution is 5.89. The Kier molecular flexibility index (Phi) is 7.06. The number of cyclic esters (lactones) is 1. The van der Waals surface area contributed by atoms with Gasteiger partial charge in [0.2, 0.25) is 6.29 Å². The summed E-state index contributed by atoms with van der Waals surface area (Å²) in [5, 5.41) is 8.90. The largest absolute Gasteiger partial charge is 0.493 e. The average Bonchev–Trinajstić information content (AvgIpc) is 2.95. The lowest BCUT2D eigenvalue weighted by molar-refractivity contribution is -0.206. The van der Waals surface area contributed by atoms with Crippen LogP contribution in [-0.4, -0.2) is 56.3 Å². The third-order valence-electron chi connectivity index (χ3n) is 3.51. The van der Waals surface area contributed by atoms with Crippen LogP contribution < -0.4 is 9.64 Å². The van der Waals surface area contributed by atoms with Crippen LogP contribution in [0.1, 0.15) is 13.3 Å². The fourth-order valence-electron chi connectivity index (χ4n) is 2.12. The highest BCUT2D eigenvalue weighted by Crippen LogP contribution is 2.26. The first-order chi connectivity index (χ1) is 12.3. The number of alkyl halides is 3. The summed E-state index contributed by atoms with van der Waals surface area (Å²) in [5.74, 6) is 0.319. The molecule has 0 spiro atoms. The SMILES string of the molecule is CCOCO[C@H]1CN(c2ccc(OCC[C@@H](O)C(F)(F)F)cc2)C(=O)O1. The van der Waals surface area contributed by atoms with E-state index in [9.17, 15) is 18.0 Å². The number of hydrogen-bond donors (Lipinski definition) is 1. The van der Waals surface area contributed by atoms with Crippen LogP contribution in [0.5, 0.6) is 5.75 Å². The molecule has 0 bridgehead atoms. The smallest absolute Gasteiger partial charge is 0.416 e. The van der Waals surface area contributed by atoms with Crippen molar-refractivity contribution in [1.82, 2.24) is 0 Å². The molecule has 10 heteroatoms. The first-order valence-electron chi connectivity index (χ1n) is 7.96. The molecule has 1 saturated heterocycles. The van der Waals surface area contributed by atoms with E-state index < -0.39 is 31.1 Å². The molecule has 1 aliphatic heterocycles. The van der Waals surface area contributed by atoms with Gasteiger partial charge in [-0.25, -0.2) is 4.79 Å². The number of aliphatic hydroxyl groups excluding tert-OH is 1. The monoisotopic (exact) mass is 379 g/mol. The predicted octanol–water partition coefficient (Wildman–Crippen LogP) is 2.67. The van der Waals surface area contributed by atoms with Gasteiger partial charge in [0.15, 0.2) is 12.9 Å². The van der Waals surface area contributed by atoms with Gasteiger partial charge in [-0.1, -0.05) is 0 Å². The van der Waals surface area contributed by atoms with E-state index in [2.05, 4.69) is 0 Å². The minimum Gasteiger partial charge on any atom is -0.493 e. The Hall–Kier alpha value is -2.04. The molecular formula is C16H20F3NO6. The maximum absolute atomic E-state index is 12.2. The van der Waals surface area contributed by atoms with Crippen LogP contribution in [0.15, 0.2) is 24.3 Å². The summed E-state index contributed by atoms with van der Waals surface area (Å²) in [6.45, 7) is 2.19. The number of anilines is 1. The van der Waals surface area contributed by atoms with Crippen LogP contribution in [0.25, 0.3) is 0 Å². The lowest BCUT2D eigenvalue weighted by atomic mass is 10.2. The zero-order valence-electron chi connectivity index (χ0n) is 14.1. The minimum atomic E-state index is -4.66. The fourth-order valence-corrected chi connectivity index (χ4v) is 2.12. The van der Waals surface area contributed by atoms with E-state index >= 15 is 0 Å². The molecule has 7 nitrogen and oxygen atoms in total. The van der Waals surface area contributed by atoms with Crippen molar-refractivity contribution in [3.63, 3.8) is 0 Å². The molecule has 1 amide bonds. The van der Waals surface area contributed by atoms with Crippen molar-refractivity contribution in [2.75, 3.05) is 31.5 Å².